The second kappa shape index (κ2) is 7.88. The van der Waals surface area contributed by atoms with Crippen LogP contribution in [-0.2, 0) is 6.42 Å². The Balaban J connectivity index is 1.44. The van der Waals surface area contributed by atoms with E-state index < -0.39 is 0 Å². The molecule has 1 aliphatic rings. The number of amides is 1. The van der Waals surface area contributed by atoms with Crippen LogP contribution in [0.3, 0.4) is 0 Å². The van der Waals surface area contributed by atoms with E-state index in [1.54, 1.807) is 42.4 Å². The molecule has 1 amide bonds. The third kappa shape index (κ3) is 4.08. The van der Waals surface area contributed by atoms with Crippen molar-refractivity contribution in [3.63, 3.8) is 0 Å². The summed E-state index contributed by atoms with van der Waals surface area (Å²) in [7, 11) is 0. The summed E-state index contributed by atoms with van der Waals surface area (Å²) in [5, 5.41) is 0. The molecule has 4 rings (SSSR count). The number of rotatable bonds is 4. The van der Waals surface area contributed by atoms with Gasteiger partial charge >= 0.3 is 0 Å². The van der Waals surface area contributed by atoms with Gasteiger partial charge in [0.05, 0.1) is 12.1 Å². The number of hydrogen-bond donors (Lipinski definition) is 0. The first-order valence-corrected chi connectivity index (χ1v) is 9.36. The van der Waals surface area contributed by atoms with E-state index in [0.29, 0.717) is 36.9 Å². The molecular formula is C21H21FN4O2. The Morgan fingerprint density at radius 3 is 2.86 bits per heavy atom. The van der Waals surface area contributed by atoms with Crippen molar-refractivity contribution in [1.29, 1.82) is 0 Å². The number of carbonyl (C=O) groups excluding carboxylic acids is 1. The fourth-order valence-electron chi connectivity index (χ4n) is 3.50. The molecule has 0 spiro atoms. The van der Waals surface area contributed by atoms with Gasteiger partial charge in [-0.3, -0.25) is 4.79 Å². The van der Waals surface area contributed by atoms with Crippen LogP contribution in [0.4, 0.5) is 4.39 Å². The summed E-state index contributed by atoms with van der Waals surface area (Å²) in [6, 6.07) is 7.99. The predicted octanol–water partition coefficient (Wildman–Crippen LogP) is 3.52. The first-order valence-electron chi connectivity index (χ1n) is 9.36. The van der Waals surface area contributed by atoms with Crippen LogP contribution in [0.5, 0.6) is 0 Å². The van der Waals surface area contributed by atoms with E-state index in [0.717, 1.165) is 24.2 Å². The number of likely N-dealkylation sites (tertiary alicyclic amines) is 1. The van der Waals surface area contributed by atoms with Crippen LogP contribution in [0.1, 0.15) is 52.3 Å². The minimum Gasteiger partial charge on any atom is -0.445 e. The third-order valence-corrected chi connectivity index (χ3v) is 4.92. The van der Waals surface area contributed by atoms with Gasteiger partial charge in [-0.25, -0.2) is 19.3 Å². The van der Waals surface area contributed by atoms with E-state index in [2.05, 4.69) is 15.0 Å². The molecule has 1 aliphatic heterocycles. The van der Waals surface area contributed by atoms with Crippen LogP contribution in [0.2, 0.25) is 0 Å². The number of nitrogens with zero attached hydrogens (tertiary/aromatic N) is 4. The van der Waals surface area contributed by atoms with Gasteiger partial charge in [0.1, 0.15) is 23.1 Å². The third-order valence-electron chi connectivity index (χ3n) is 4.92. The monoisotopic (exact) mass is 380 g/mol. The number of oxazole rings is 1. The van der Waals surface area contributed by atoms with E-state index in [1.165, 1.54) is 12.1 Å². The SMILES string of the molecule is Cc1nccc(C(=O)N2CCC[C@H](c3ncc(Cc4ccc(F)cc4)o3)C2)n1. The number of aromatic nitrogens is 3. The van der Waals surface area contributed by atoms with Crippen LogP contribution in [0.25, 0.3) is 0 Å². The summed E-state index contributed by atoms with van der Waals surface area (Å²) in [6.45, 7) is 3.02. The summed E-state index contributed by atoms with van der Waals surface area (Å²) < 4.78 is 19.0. The van der Waals surface area contributed by atoms with Gasteiger partial charge in [0.15, 0.2) is 5.89 Å². The zero-order valence-corrected chi connectivity index (χ0v) is 15.6. The topological polar surface area (TPSA) is 72.1 Å². The lowest BCUT2D eigenvalue weighted by atomic mass is 9.97. The fourth-order valence-corrected chi connectivity index (χ4v) is 3.50. The van der Waals surface area contributed by atoms with E-state index in [1.807, 2.05) is 0 Å². The average Bonchev–Trinajstić information content (AvgIpc) is 3.18. The standard InChI is InChI=1S/C21H21FN4O2/c1-14-23-9-8-19(25-14)21(27)26-10-2-3-16(13-26)20-24-12-18(28-20)11-15-4-6-17(22)7-5-15/h4-9,12,16H,2-3,10-11,13H2,1H3/t16-/m0/s1. The molecule has 0 bridgehead atoms. The molecule has 28 heavy (non-hydrogen) atoms. The molecule has 1 aromatic carbocycles. The molecule has 144 valence electrons. The van der Waals surface area contributed by atoms with Crippen LogP contribution >= 0.6 is 0 Å². The summed E-state index contributed by atoms with van der Waals surface area (Å²) in [5.41, 5.74) is 1.38. The molecule has 0 radical (unpaired) electrons. The maximum absolute atomic E-state index is 13.0. The van der Waals surface area contributed by atoms with Crippen molar-refractivity contribution in [3.8, 4) is 0 Å². The maximum Gasteiger partial charge on any atom is 0.272 e. The second-order valence-electron chi connectivity index (χ2n) is 7.05. The van der Waals surface area contributed by atoms with Crippen molar-refractivity contribution in [1.82, 2.24) is 19.9 Å². The normalized spacial score (nSPS) is 16.9. The van der Waals surface area contributed by atoms with Crippen molar-refractivity contribution >= 4 is 5.91 Å². The van der Waals surface area contributed by atoms with Gasteiger partial charge in [-0.05, 0) is 43.5 Å². The molecule has 7 heteroatoms. The molecule has 0 N–H and O–H groups in total. The summed E-state index contributed by atoms with van der Waals surface area (Å²) in [4.78, 5) is 27.3. The van der Waals surface area contributed by atoms with Gasteiger partial charge in [-0.15, -0.1) is 0 Å². The number of carbonyl (C=O) groups is 1. The Morgan fingerprint density at radius 2 is 2.07 bits per heavy atom. The van der Waals surface area contributed by atoms with Gasteiger partial charge in [0.25, 0.3) is 5.91 Å². The first-order chi connectivity index (χ1) is 13.6. The second-order valence-corrected chi connectivity index (χ2v) is 7.05. The zero-order valence-electron chi connectivity index (χ0n) is 15.6. The highest BCUT2D eigenvalue weighted by Crippen LogP contribution is 2.28. The molecular weight excluding hydrogens is 359 g/mol. The van der Waals surface area contributed by atoms with Crippen molar-refractivity contribution in [3.05, 3.63) is 77.3 Å². The molecule has 0 unspecified atom stereocenters. The number of piperidine rings is 1. The van der Waals surface area contributed by atoms with Crippen molar-refractivity contribution in [2.75, 3.05) is 13.1 Å². The molecule has 3 aromatic rings. The lowest BCUT2D eigenvalue weighted by Crippen LogP contribution is -2.39. The van der Waals surface area contributed by atoms with Crippen molar-refractivity contribution in [2.24, 2.45) is 0 Å². The first kappa shape index (κ1) is 18.3. The molecule has 2 aromatic heterocycles. The van der Waals surface area contributed by atoms with Crippen LogP contribution in [0.15, 0.2) is 47.1 Å². The van der Waals surface area contributed by atoms with Gasteiger partial charge in [-0.1, -0.05) is 12.1 Å². The van der Waals surface area contributed by atoms with E-state index >= 15 is 0 Å². The Labute approximate surface area is 162 Å². The van der Waals surface area contributed by atoms with Crippen molar-refractivity contribution in [2.45, 2.75) is 32.1 Å². The Hall–Kier alpha value is -3.09. The molecule has 0 saturated carbocycles. The lowest BCUT2D eigenvalue weighted by Gasteiger charge is -2.31. The largest absolute Gasteiger partial charge is 0.445 e. The molecule has 0 aliphatic carbocycles. The number of aryl methyl sites for hydroxylation is 1. The number of benzene rings is 1. The Kier molecular flexibility index (Phi) is 5.14. The van der Waals surface area contributed by atoms with Gasteiger partial charge in [0.2, 0.25) is 0 Å². The summed E-state index contributed by atoms with van der Waals surface area (Å²) in [6.07, 6.45) is 5.68. The highest BCUT2D eigenvalue weighted by molar-refractivity contribution is 5.92. The van der Waals surface area contributed by atoms with Gasteiger partial charge < -0.3 is 9.32 Å². The molecule has 3 heterocycles. The number of hydrogen-bond acceptors (Lipinski definition) is 5. The maximum atomic E-state index is 13.0. The quantitative estimate of drug-likeness (QED) is 0.692. The minimum atomic E-state index is -0.257. The van der Waals surface area contributed by atoms with Gasteiger partial charge in [0, 0.05) is 25.7 Å². The Morgan fingerprint density at radius 1 is 1.25 bits per heavy atom. The highest BCUT2D eigenvalue weighted by atomic mass is 19.1. The van der Waals surface area contributed by atoms with E-state index in [4.69, 9.17) is 4.42 Å². The van der Waals surface area contributed by atoms with Crippen LogP contribution in [-0.4, -0.2) is 38.8 Å². The highest BCUT2D eigenvalue weighted by Gasteiger charge is 2.29. The fraction of sp³-hybridized carbons (Fsp3) is 0.333. The van der Waals surface area contributed by atoms with Crippen LogP contribution in [0, 0.1) is 12.7 Å². The minimum absolute atomic E-state index is 0.0580. The van der Waals surface area contributed by atoms with Crippen molar-refractivity contribution < 1.29 is 13.6 Å². The molecule has 1 fully saturated rings. The van der Waals surface area contributed by atoms with E-state index in [9.17, 15) is 9.18 Å². The smallest absolute Gasteiger partial charge is 0.272 e. The average molecular weight is 380 g/mol. The van der Waals surface area contributed by atoms with E-state index in [-0.39, 0.29) is 17.6 Å². The molecule has 6 nitrogen and oxygen atoms in total. The number of halogens is 1. The summed E-state index contributed by atoms with van der Waals surface area (Å²) in [5.74, 6) is 1.67. The van der Waals surface area contributed by atoms with Gasteiger partial charge in [-0.2, -0.15) is 0 Å². The Bertz CT molecular complexity index is 971. The molecule has 1 atom stereocenters. The molecule has 1 saturated heterocycles. The summed E-state index contributed by atoms with van der Waals surface area (Å²) >= 11 is 0. The zero-order chi connectivity index (χ0) is 19.5. The lowest BCUT2D eigenvalue weighted by molar-refractivity contribution is 0.0691. The predicted molar refractivity (Wildman–Crippen MR) is 100 cm³/mol. The van der Waals surface area contributed by atoms with Crippen LogP contribution < -0.4 is 0 Å².